The Labute approximate surface area is 170 Å². The predicted molar refractivity (Wildman–Crippen MR) is 117 cm³/mol. The van der Waals surface area contributed by atoms with Crippen molar-refractivity contribution in [2.75, 3.05) is 0 Å². The maximum atomic E-state index is 13.1. The quantitative estimate of drug-likeness (QED) is 0.520. The molecule has 1 fully saturated rings. The van der Waals surface area contributed by atoms with Gasteiger partial charge in [0.1, 0.15) is 5.58 Å². The molecule has 1 N–H and O–H groups in total. The fourth-order valence-corrected chi connectivity index (χ4v) is 5.30. The number of para-hydroxylation sites is 1. The van der Waals surface area contributed by atoms with E-state index in [1.165, 1.54) is 32.1 Å². The summed E-state index contributed by atoms with van der Waals surface area (Å²) in [5.41, 5.74) is 2.91. The van der Waals surface area contributed by atoms with E-state index in [2.05, 4.69) is 11.4 Å². The number of nitrogens with one attached hydrogen (secondary N) is 1. The summed E-state index contributed by atoms with van der Waals surface area (Å²) < 4.78 is 6.01. The summed E-state index contributed by atoms with van der Waals surface area (Å²) in [5, 5.41) is 4.86. The standard InChI is InChI=1S/C24H27NO2S/c1-17(18-10-4-2-5-11-18)25-24(26)23-21(16-28-19-12-6-3-7-13-19)20-14-8-9-15-22(20)27-23/h2,4-5,8-11,14-15,17,19H,3,6-7,12-13,16H2,1H3,(H,25,26)/t17-/m0/s1. The van der Waals surface area contributed by atoms with Gasteiger partial charge in [0.25, 0.3) is 5.91 Å². The number of thioether (sulfide) groups is 1. The SMILES string of the molecule is C[C@H](NC(=O)c1oc2ccccc2c1CSC1CCCCC1)c1ccccc1. The second-order valence-corrected chi connectivity index (χ2v) is 8.87. The van der Waals surface area contributed by atoms with E-state index in [4.69, 9.17) is 4.42 Å². The third kappa shape index (κ3) is 4.27. The first-order valence-electron chi connectivity index (χ1n) is 10.2. The van der Waals surface area contributed by atoms with Crippen LogP contribution in [0.4, 0.5) is 0 Å². The van der Waals surface area contributed by atoms with Crippen LogP contribution in [0.25, 0.3) is 11.0 Å². The minimum atomic E-state index is -0.133. The van der Waals surface area contributed by atoms with Crippen molar-refractivity contribution in [2.24, 2.45) is 0 Å². The number of benzene rings is 2. The number of hydrogen-bond donors (Lipinski definition) is 1. The molecule has 0 bridgehead atoms. The number of hydrogen-bond acceptors (Lipinski definition) is 3. The van der Waals surface area contributed by atoms with Crippen LogP contribution in [0.2, 0.25) is 0 Å². The van der Waals surface area contributed by atoms with E-state index in [9.17, 15) is 4.79 Å². The Morgan fingerprint density at radius 1 is 1.07 bits per heavy atom. The van der Waals surface area contributed by atoms with Crippen LogP contribution in [0.3, 0.4) is 0 Å². The average molecular weight is 394 g/mol. The van der Waals surface area contributed by atoms with Crippen molar-refractivity contribution >= 4 is 28.6 Å². The van der Waals surface area contributed by atoms with Crippen LogP contribution >= 0.6 is 11.8 Å². The first-order valence-corrected chi connectivity index (χ1v) is 11.2. The molecule has 28 heavy (non-hydrogen) atoms. The second-order valence-electron chi connectivity index (χ2n) is 7.58. The molecule has 1 aromatic heterocycles. The lowest BCUT2D eigenvalue weighted by molar-refractivity contribution is 0.0913. The molecule has 0 radical (unpaired) electrons. The van der Waals surface area contributed by atoms with Gasteiger partial charge in [0, 0.05) is 22.0 Å². The molecule has 1 heterocycles. The Morgan fingerprint density at radius 2 is 1.79 bits per heavy atom. The molecule has 146 valence electrons. The van der Waals surface area contributed by atoms with Gasteiger partial charge in [0.05, 0.1) is 6.04 Å². The molecule has 4 heteroatoms. The summed E-state index contributed by atoms with van der Waals surface area (Å²) in [4.78, 5) is 13.1. The normalized spacial score (nSPS) is 16.2. The van der Waals surface area contributed by atoms with Gasteiger partial charge in [-0.2, -0.15) is 11.8 Å². The van der Waals surface area contributed by atoms with Crippen LogP contribution in [0.5, 0.6) is 0 Å². The summed E-state index contributed by atoms with van der Waals surface area (Å²) in [6.07, 6.45) is 6.58. The highest BCUT2D eigenvalue weighted by molar-refractivity contribution is 7.99. The molecule has 0 aliphatic heterocycles. The molecule has 1 amide bonds. The van der Waals surface area contributed by atoms with Crippen molar-refractivity contribution in [1.82, 2.24) is 5.32 Å². The van der Waals surface area contributed by atoms with Crippen molar-refractivity contribution in [3.05, 3.63) is 71.5 Å². The number of fused-ring (bicyclic) bond motifs is 1. The zero-order valence-electron chi connectivity index (χ0n) is 16.3. The van der Waals surface area contributed by atoms with E-state index in [1.807, 2.05) is 67.2 Å². The van der Waals surface area contributed by atoms with Crippen molar-refractivity contribution in [3.63, 3.8) is 0 Å². The Balaban J connectivity index is 1.55. The summed E-state index contributed by atoms with van der Waals surface area (Å²) in [7, 11) is 0. The molecule has 1 saturated carbocycles. The lowest BCUT2D eigenvalue weighted by atomic mass is 10.0. The molecule has 3 nitrogen and oxygen atoms in total. The maximum absolute atomic E-state index is 13.1. The number of carbonyl (C=O) groups is 1. The average Bonchev–Trinajstić information content (AvgIpc) is 3.12. The Hall–Kier alpha value is -2.20. The fraction of sp³-hybridized carbons (Fsp3) is 0.375. The second kappa shape index (κ2) is 8.87. The van der Waals surface area contributed by atoms with Gasteiger partial charge in [-0.05, 0) is 31.4 Å². The lowest BCUT2D eigenvalue weighted by Gasteiger charge is -2.21. The van der Waals surface area contributed by atoms with Crippen LogP contribution in [0.15, 0.2) is 59.0 Å². The van der Waals surface area contributed by atoms with Gasteiger partial charge in [-0.25, -0.2) is 0 Å². The smallest absolute Gasteiger partial charge is 0.287 e. The Bertz CT molecular complexity index is 928. The number of amides is 1. The third-order valence-electron chi connectivity index (χ3n) is 5.57. The van der Waals surface area contributed by atoms with Crippen molar-refractivity contribution < 1.29 is 9.21 Å². The number of furan rings is 1. The molecular formula is C24H27NO2S. The first kappa shape index (κ1) is 19.1. The maximum Gasteiger partial charge on any atom is 0.287 e. The largest absolute Gasteiger partial charge is 0.451 e. The molecule has 2 aromatic carbocycles. The van der Waals surface area contributed by atoms with E-state index < -0.39 is 0 Å². The molecule has 4 rings (SSSR count). The number of carbonyl (C=O) groups excluding carboxylic acids is 1. The van der Waals surface area contributed by atoms with Crippen LogP contribution in [0.1, 0.15) is 66.8 Å². The van der Waals surface area contributed by atoms with E-state index in [0.717, 1.165) is 27.8 Å². The Morgan fingerprint density at radius 3 is 2.57 bits per heavy atom. The molecule has 3 aromatic rings. The molecule has 1 aliphatic carbocycles. The zero-order chi connectivity index (χ0) is 19.3. The van der Waals surface area contributed by atoms with Crippen LogP contribution < -0.4 is 5.32 Å². The summed E-state index contributed by atoms with van der Waals surface area (Å²) in [6, 6.07) is 17.9. The fourth-order valence-electron chi connectivity index (χ4n) is 3.95. The molecular weight excluding hydrogens is 366 g/mol. The minimum Gasteiger partial charge on any atom is -0.451 e. The highest BCUT2D eigenvalue weighted by Crippen LogP contribution is 2.35. The van der Waals surface area contributed by atoms with Gasteiger partial charge in [-0.3, -0.25) is 4.79 Å². The molecule has 1 atom stereocenters. The molecule has 0 unspecified atom stereocenters. The lowest BCUT2D eigenvalue weighted by Crippen LogP contribution is -2.27. The monoisotopic (exact) mass is 393 g/mol. The van der Waals surface area contributed by atoms with Crippen molar-refractivity contribution in [2.45, 2.75) is 56.1 Å². The van der Waals surface area contributed by atoms with E-state index >= 15 is 0 Å². The van der Waals surface area contributed by atoms with Gasteiger partial charge in [0.15, 0.2) is 5.76 Å². The highest BCUT2D eigenvalue weighted by Gasteiger charge is 2.23. The summed E-state index contributed by atoms with van der Waals surface area (Å²) in [5.74, 6) is 1.16. The minimum absolute atomic E-state index is 0.0687. The van der Waals surface area contributed by atoms with E-state index in [-0.39, 0.29) is 11.9 Å². The highest BCUT2D eigenvalue weighted by atomic mass is 32.2. The van der Waals surface area contributed by atoms with Crippen LogP contribution in [-0.2, 0) is 5.75 Å². The number of rotatable bonds is 6. The van der Waals surface area contributed by atoms with E-state index in [1.54, 1.807) is 0 Å². The Kier molecular flexibility index (Phi) is 6.06. The van der Waals surface area contributed by atoms with E-state index in [0.29, 0.717) is 11.0 Å². The van der Waals surface area contributed by atoms with Crippen LogP contribution in [0, 0.1) is 0 Å². The predicted octanol–water partition coefficient (Wildman–Crippen LogP) is 6.49. The third-order valence-corrected chi connectivity index (χ3v) is 6.97. The van der Waals surface area contributed by atoms with Gasteiger partial charge in [-0.15, -0.1) is 0 Å². The molecule has 0 spiro atoms. The summed E-state index contributed by atoms with van der Waals surface area (Å²) >= 11 is 1.98. The molecule has 0 saturated heterocycles. The van der Waals surface area contributed by atoms with Crippen molar-refractivity contribution in [1.29, 1.82) is 0 Å². The van der Waals surface area contributed by atoms with Gasteiger partial charge in [0.2, 0.25) is 0 Å². The molecule has 1 aliphatic rings. The topological polar surface area (TPSA) is 42.2 Å². The van der Waals surface area contributed by atoms with Crippen LogP contribution in [-0.4, -0.2) is 11.2 Å². The summed E-state index contributed by atoms with van der Waals surface area (Å²) in [6.45, 7) is 2.01. The zero-order valence-corrected chi connectivity index (χ0v) is 17.1. The van der Waals surface area contributed by atoms with Gasteiger partial charge < -0.3 is 9.73 Å². The van der Waals surface area contributed by atoms with Gasteiger partial charge in [-0.1, -0.05) is 67.8 Å². The first-order chi connectivity index (χ1) is 13.7. The van der Waals surface area contributed by atoms with Crippen molar-refractivity contribution in [3.8, 4) is 0 Å². The van der Waals surface area contributed by atoms with Gasteiger partial charge >= 0.3 is 0 Å².